The number of piperazine rings is 1. The maximum atomic E-state index is 12.9. The van der Waals surface area contributed by atoms with Crippen LogP contribution < -0.4 is 5.32 Å². The molecule has 0 radical (unpaired) electrons. The van der Waals surface area contributed by atoms with E-state index in [0.717, 1.165) is 5.69 Å². The first-order chi connectivity index (χ1) is 13.3. The number of carbonyl (C=O) groups excluding carboxylic acids is 2. The minimum absolute atomic E-state index is 0.0497. The maximum absolute atomic E-state index is 12.9. The Morgan fingerprint density at radius 2 is 1.71 bits per heavy atom. The van der Waals surface area contributed by atoms with Crippen LogP contribution in [0, 0.1) is 6.92 Å². The van der Waals surface area contributed by atoms with Gasteiger partial charge in [-0.3, -0.25) is 9.59 Å². The monoisotopic (exact) mass is 402 g/mol. The van der Waals surface area contributed by atoms with Gasteiger partial charge in [0.25, 0.3) is 5.91 Å². The summed E-state index contributed by atoms with van der Waals surface area (Å²) in [5, 5.41) is 2.67. The van der Waals surface area contributed by atoms with Gasteiger partial charge in [-0.25, -0.2) is 13.4 Å². The Bertz CT molecular complexity index is 998. The van der Waals surface area contributed by atoms with Crippen LogP contribution in [0.25, 0.3) is 0 Å². The number of rotatable bonds is 4. The molecule has 0 unspecified atom stereocenters. The fourth-order valence-electron chi connectivity index (χ4n) is 2.99. The quantitative estimate of drug-likeness (QED) is 0.835. The Balaban J connectivity index is 1.76. The third-order valence-electron chi connectivity index (χ3n) is 4.55. The molecule has 1 aromatic heterocycles. The van der Waals surface area contributed by atoms with Gasteiger partial charge in [0, 0.05) is 44.4 Å². The topological polar surface area (TPSA) is 99.7 Å². The summed E-state index contributed by atoms with van der Waals surface area (Å²) in [5.41, 5.74) is 0.991. The van der Waals surface area contributed by atoms with Crippen molar-refractivity contribution in [3.8, 4) is 0 Å². The number of nitrogens with one attached hydrogen (secondary N) is 1. The molecule has 0 aliphatic carbocycles. The highest BCUT2D eigenvalue weighted by molar-refractivity contribution is 7.89. The lowest BCUT2D eigenvalue weighted by molar-refractivity contribution is -0.129. The number of benzene rings is 1. The number of hydrogen-bond acceptors (Lipinski definition) is 5. The molecule has 1 aliphatic rings. The lowest BCUT2D eigenvalue weighted by atomic mass is 10.2. The molecule has 0 saturated carbocycles. The van der Waals surface area contributed by atoms with E-state index >= 15 is 0 Å². The van der Waals surface area contributed by atoms with Crippen molar-refractivity contribution in [3.63, 3.8) is 0 Å². The first-order valence-electron chi connectivity index (χ1n) is 8.88. The molecule has 2 amide bonds. The summed E-state index contributed by atoms with van der Waals surface area (Å²) < 4.78 is 27.2. The van der Waals surface area contributed by atoms with Crippen LogP contribution in [0.5, 0.6) is 0 Å². The van der Waals surface area contributed by atoms with Crippen molar-refractivity contribution in [3.05, 3.63) is 53.7 Å². The minimum Gasteiger partial charge on any atom is -0.340 e. The van der Waals surface area contributed by atoms with E-state index in [2.05, 4.69) is 10.3 Å². The Labute approximate surface area is 164 Å². The molecular formula is C19H22N4O4S. The highest BCUT2D eigenvalue weighted by Gasteiger charge is 2.29. The molecule has 148 valence electrons. The zero-order valence-electron chi connectivity index (χ0n) is 15.8. The van der Waals surface area contributed by atoms with Crippen molar-refractivity contribution >= 4 is 27.7 Å². The van der Waals surface area contributed by atoms with Crippen molar-refractivity contribution in [2.45, 2.75) is 18.7 Å². The van der Waals surface area contributed by atoms with E-state index in [4.69, 9.17) is 0 Å². The summed E-state index contributed by atoms with van der Waals surface area (Å²) in [5.74, 6) is -0.101. The Morgan fingerprint density at radius 1 is 1.04 bits per heavy atom. The second kappa shape index (κ2) is 8.07. The van der Waals surface area contributed by atoms with Crippen molar-refractivity contribution in [2.75, 3.05) is 31.5 Å². The third-order valence-corrected chi connectivity index (χ3v) is 6.44. The van der Waals surface area contributed by atoms with Crippen molar-refractivity contribution in [1.29, 1.82) is 0 Å². The second-order valence-corrected chi connectivity index (χ2v) is 8.49. The van der Waals surface area contributed by atoms with Crippen molar-refractivity contribution < 1.29 is 18.0 Å². The number of pyridine rings is 1. The van der Waals surface area contributed by atoms with Crippen LogP contribution >= 0.6 is 0 Å². The van der Waals surface area contributed by atoms with Gasteiger partial charge >= 0.3 is 0 Å². The average Bonchev–Trinajstić information content (AvgIpc) is 2.68. The average molecular weight is 402 g/mol. The number of hydrogen-bond donors (Lipinski definition) is 1. The standard InChI is InChI=1S/C19H22N4O4S/c1-14-5-3-8-18(20-14)21-19(25)16-6-4-7-17(13-16)28(26,27)23-11-9-22(10-12-23)15(2)24/h3-8,13H,9-12H2,1-2H3,(H,20,21,25). The molecule has 1 N–H and O–H groups in total. The van der Waals surface area contributed by atoms with Gasteiger partial charge in [0.05, 0.1) is 4.90 Å². The van der Waals surface area contributed by atoms with Crippen LogP contribution in [0.15, 0.2) is 47.4 Å². The summed E-state index contributed by atoms with van der Waals surface area (Å²) in [6.45, 7) is 4.45. The molecule has 8 nitrogen and oxygen atoms in total. The zero-order valence-corrected chi connectivity index (χ0v) is 16.6. The molecule has 3 rings (SSSR count). The van der Waals surface area contributed by atoms with Gasteiger partial charge < -0.3 is 10.2 Å². The summed E-state index contributed by atoms with van der Waals surface area (Å²) in [6.07, 6.45) is 0. The molecule has 9 heteroatoms. The Kier molecular flexibility index (Phi) is 5.76. The Morgan fingerprint density at radius 3 is 2.36 bits per heavy atom. The van der Waals surface area contributed by atoms with Crippen LogP contribution in [-0.2, 0) is 14.8 Å². The van der Waals surface area contributed by atoms with E-state index in [1.165, 1.54) is 29.4 Å². The number of carbonyl (C=O) groups is 2. The van der Waals surface area contributed by atoms with E-state index in [1.807, 2.05) is 13.0 Å². The highest BCUT2D eigenvalue weighted by Crippen LogP contribution is 2.19. The van der Waals surface area contributed by atoms with E-state index in [0.29, 0.717) is 18.9 Å². The molecule has 1 saturated heterocycles. The van der Waals surface area contributed by atoms with Crippen LogP contribution in [0.3, 0.4) is 0 Å². The highest BCUT2D eigenvalue weighted by atomic mass is 32.2. The fraction of sp³-hybridized carbons (Fsp3) is 0.316. The van der Waals surface area contributed by atoms with E-state index in [-0.39, 0.29) is 29.5 Å². The third kappa shape index (κ3) is 4.37. The van der Waals surface area contributed by atoms with Crippen molar-refractivity contribution in [1.82, 2.24) is 14.2 Å². The van der Waals surface area contributed by atoms with E-state index in [9.17, 15) is 18.0 Å². The maximum Gasteiger partial charge on any atom is 0.256 e. The van der Waals surface area contributed by atoms with Gasteiger partial charge in [0.2, 0.25) is 15.9 Å². The smallest absolute Gasteiger partial charge is 0.256 e. The summed E-state index contributed by atoms with van der Waals surface area (Å²) >= 11 is 0. The number of sulfonamides is 1. The summed E-state index contributed by atoms with van der Waals surface area (Å²) in [6, 6.07) is 11.2. The molecule has 1 aromatic carbocycles. The first-order valence-corrected chi connectivity index (χ1v) is 10.3. The number of aryl methyl sites for hydroxylation is 1. The Hall–Kier alpha value is -2.78. The van der Waals surface area contributed by atoms with Crippen molar-refractivity contribution in [2.24, 2.45) is 0 Å². The molecule has 0 atom stereocenters. The largest absolute Gasteiger partial charge is 0.340 e. The molecule has 0 bridgehead atoms. The summed E-state index contributed by atoms with van der Waals surface area (Å²) in [7, 11) is -3.75. The fourth-order valence-corrected chi connectivity index (χ4v) is 4.46. The number of aromatic nitrogens is 1. The second-order valence-electron chi connectivity index (χ2n) is 6.56. The first kappa shape index (κ1) is 20.0. The SMILES string of the molecule is CC(=O)N1CCN(S(=O)(=O)c2cccc(C(=O)Nc3cccc(C)n3)c2)CC1. The van der Waals surface area contributed by atoms with Gasteiger partial charge in [-0.1, -0.05) is 12.1 Å². The van der Waals surface area contributed by atoms with E-state index in [1.54, 1.807) is 23.1 Å². The lowest BCUT2D eigenvalue weighted by Crippen LogP contribution is -2.49. The molecule has 1 aliphatic heterocycles. The summed E-state index contributed by atoms with van der Waals surface area (Å²) in [4.78, 5) is 29.8. The van der Waals surface area contributed by atoms with Crippen LogP contribution in [-0.4, -0.2) is 60.6 Å². The predicted octanol–water partition coefficient (Wildman–Crippen LogP) is 1.50. The van der Waals surface area contributed by atoms with Gasteiger partial charge in [-0.05, 0) is 37.3 Å². The van der Waals surface area contributed by atoms with Gasteiger partial charge in [0.1, 0.15) is 5.82 Å². The zero-order chi connectivity index (χ0) is 20.3. The van der Waals surface area contributed by atoms with Gasteiger partial charge in [-0.15, -0.1) is 0 Å². The lowest BCUT2D eigenvalue weighted by Gasteiger charge is -2.33. The molecule has 2 heterocycles. The number of anilines is 1. The molecule has 0 spiro atoms. The normalized spacial score (nSPS) is 15.3. The number of nitrogens with zero attached hydrogens (tertiary/aromatic N) is 3. The van der Waals surface area contributed by atoms with E-state index < -0.39 is 15.9 Å². The van der Waals surface area contributed by atoms with Gasteiger partial charge in [0.15, 0.2) is 0 Å². The van der Waals surface area contributed by atoms with Crippen LogP contribution in [0.2, 0.25) is 0 Å². The molecule has 1 fully saturated rings. The number of amides is 2. The molecule has 2 aromatic rings. The predicted molar refractivity (Wildman–Crippen MR) is 104 cm³/mol. The van der Waals surface area contributed by atoms with Crippen LogP contribution in [0.4, 0.5) is 5.82 Å². The molecule has 28 heavy (non-hydrogen) atoms. The molecular weight excluding hydrogens is 380 g/mol. The van der Waals surface area contributed by atoms with Gasteiger partial charge in [-0.2, -0.15) is 4.31 Å². The minimum atomic E-state index is -3.75. The van der Waals surface area contributed by atoms with Crippen LogP contribution in [0.1, 0.15) is 23.0 Å².